The van der Waals surface area contributed by atoms with E-state index in [1.807, 2.05) is 10.3 Å². The molecule has 19 heavy (non-hydrogen) atoms. The molecule has 2 saturated heterocycles. The predicted octanol–water partition coefficient (Wildman–Crippen LogP) is 1.04. The molecule has 3 rings (SSSR count). The van der Waals surface area contributed by atoms with Crippen molar-refractivity contribution in [1.29, 1.82) is 0 Å². The van der Waals surface area contributed by atoms with Crippen molar-refractivity contribution in [1.82, 2.24) is 15.1 Å². The summed E-state index contributed by atoms with van der Waals surface area (Å²) >= 11 is 1.58. The fraction of sp³-hybridized carbons (Fsp3) is 0.643. The summed E-state index contributed by atoms with van der Waals surface area (Å²) in [6, 6.07) is 2.78. The van der Waals surface area contributed by atoms with Gasteiger partial charge >= 0.3 is 0 Å². The van der Waals surface area contributed by atoms with Gasteiger partial charge in [-0.25, -0.2) is 0 Å². The van der Waals surface area contributed by atoms with Gasteiger partial charge in [0.05, 0.1) is 4.88 Å². The van der Waals surface area contributed by atoms with Crippen LogP contribution < -0.4 is 5.32 Å². The quantitative estimate of drug-likeness (QED) is 0.898. The fourth-order valence-electron chi connectivity index (χ4n) is 2.77. The van der Waals surface area contributed by atoms with Crippen molar-refractivity contribution in [2.45, 2.75) is 19.4 Å². The molecule has 0 saturated carbocycles. The van der Waals surface area contributed by atoms with Gasteiger partial charge in [-0.15, -0.1) is 11.3 Å². The minimum absolute atomic E-state index is 0.234. The summed E-state index contributed by atoms with van der Waals surface area (Å²) in [7, 11) is 0. The van der Waals surface area contributed by atoms with Crippen molar-refractivity contribution < 1.29 is 4.79 Å². The maximum Gasteiger partial charge on any atom is 0.264 e. The van der Waals surface area contributed by atoms with Crippen LogP contribution in [0.25, 0.3) is 0 Å². The van der Waals surface area contributed by atoms with E-state index in [1.54, 1.807) is 11.3 Å². The fourth-order valence-corrected chi connectivity index (χ4v) is 3.73. The number of hydrogen-bond donors (Lipinski definition) is 1. The topological polar surface area (TPSA) is 35.6 Å². The van der Waals surface area contributed by atoms with Gasteiger partial charge in [0, 0.05) is 45.3 Å². The number of carbonyl (C=O) groups excluding carboxylic acids is 1. The molecule has 3 heterocycles. The molecule has 1 aromatic rings. The third-order valence-corrected chi connectivity index (χ3v) is 5.14. The molecule has 104 valence electrons. The summed E-state index contributed by atoms with van der Waals surface area (Å²) in [4.78, 5) is 18.0. The van der Waals surface area contributed by atoms with E-state index in [-0.39, 0.29) is 5.91 Å². The van der Waals surface area contributed by atoms with E-state index in [4.69, 9.17) is 0 Å². The first-order valence-electron chi connectivity index (χ1n) is 7.10. The van der Waals surface area contributed by atoms with Gasteiger partial charge in [-0.3, -0.25) is 9.69 Å². The van der Waals surface area contributed by atoms with Crippen LogP contribution in [0.15, 0.2) is 11.4 Å². The number of thiophene rings is 1. The molecule has 5 heteroatoms. The second-order valence-corrected chi connectivity index (χ2v) is 6.18. The van der Waals surface area contributed by atoms with Gasteiger partial charge in [-0.2, -0.15) is 0 Å². The Labute approximate surface area is 118 Å². The Balaban J connectivity index is 1.60. The highest BCUT2D eigenvalue weighted by Gasteiger charge is 2.30. The lowest BCUT2D eigenvalue weighted by Crippen LogP contribution is -2.62. The van der Waals surface area contributed by atoms with Crippen LogP contribution in [0, 0.1) is 0 Å². The molecular formula is C14H21N3OS. The average Bonchev–Trinajstić information content (AvgIpc) is 2.85. The van der Waals surface area contributed by atoms with Crippen molar-refractivity contribution in [3.63, 3.8) is 0 Å². The Morgan fingerprint density at radius 2 is 2.11 bits per heavy atom. The smallest absolute Gasteiger partial charge is 0.264 e. The summed E-state index contributed by atoms with van der Waals surface area (Å²) < 4.78 is 0. The van der Waals surface area contributed by atoms with Gasteiger partial charge in [0.15, 0.2) is 0 Å². The molecule has 4 nitrogen and oxygen atoms in total. The van der Waals surface area contributed by atoms with Crippen molar-refractivity contribution in [2.75, 3.05) is 39.3 Å². The van der Waals surface area contributed by atoms with Crippen LogP contribution in [0.5, 0.6) is 0 Å². The van der Waals surface area contributed by atoms with Crippen LogP contribution in [0.4, 0.5) is 0 Å². The lowest BCUT2D eigenvalue weighted by molar-refractivity contribution is 0.0505. The molecule has 1 amide bonds. The van der Waals surface area contributed by atoms with Crippen molar-refractivity contribution in [3.05, 3.63) is 21.9 Å². The Bertz CT molecular complexity index is 447. The molecule has 2 aliphatic rings. The highest BCUT2D eigenvalue weighted by Crippen LogP contribution is 2.21. The first kappa shape index (κ1) is 13.1. The summed E-state index contributed by atoms with van der Waals surface area (Å²) in [5.41, 5.74) is 1.20. The number of nitrogens with zero attached hydrogens (tertiary/aromatic N) is 2. The first-order valence-corrected chi connectivity index (χ1v) is 7.98. The van der Waals surface area contributed by atoms with E-state index < -0.39 is 0 Å². The maximum absolute atomic E-state index is 12.5. The van der Waals surface area contributed by atoms with Crippen LogP contribution in [-0.4, -0.2) is 61.0 Å². The average molecular weight is 279 g/mol. The molecule has 0 unspecified atom stereocenters. The molecule has 2 fully saturated rings. The zero-order chi connectivity index (χ0) is 13.2. The minimum Gasteiger partial charge on any atom is -0.335 e. The van der Waals surface area contributed by atoms with Crippen LogP contribution in [-0.2, 0) is 6.42 Å². The van der Waals surface area contributed by atoms with Gasteiger partial charge < -0.3 is 10.2 Å². The normalized spacial score (nSPS) is 21.4. The first-order chi connectivity index (χ1) is 9.29. The van der Waals surface area contributed by atoms with Gasteiger partial charge in [0.1, 0.15) is 0 Å². The molecule has 0 bridgehead atoms. The largest absolute Gasteiger partial charge is 0.335 e. The second-order valence-electron chi connectivity index (χ2n) is 5.27. The summed E-state index contributed by atoms with van der Waals surface area (Å²) in [6.45, 7) is 8.11. The molecule has 2 aliphatic heterocycles. The second kappa shape index (κ2) is 5.61. The minimum atomic E-state index is 0.234. The monoisotopic (exact) mass is 279 g/mol. The van der Waals surface area contributed by atoms with Crippen LogP contribution in [0.1, 0.15) is 22.2 Å². The van der Waals surface area contributed by atoms with E-state index in [2.05, 4.69) is 23.2 Å². The van der Waals surface area contributed by atoms with E-state index in [0.717, 1.165) is 50.6 Å². The Morgan fingerprint density at radius 1 is 1.37 bits per heavy atom. The Morgan fingerprint density at radius 3 is 2.68 bits per heavy atom. The van der Waals surface area contributed by atoms with Crippen LogP contribution in [0.2, 0.25) is 0 Å². The number of rotatable bonds is 3. The van der Waals surface area contributed by atoms with Gasteiger partial charge in [-0.05, 0) is 23.4 Å². The molecule has 0 atom stereocenters. The number of nitrogens with one attached hydrogen (secondary N) is 1. The number of piperazine rings is 1. The number of amides is 1. The summed E-state index contributed by atoms with van der Waals surface area (Å²) in [5, 5.41) is 5.34. The van der Waals surface area contributed by atoms with Gasteiger partial charge in [0.2, 0.25) is 0 Å². The summed E-state index contributed by atoms with van der Waals surface area (Å²) in [6.07, 6.45) is 0.943. The summed E-state index contributed by atoms with van der Waals surface area (Å²) in [5.74, 6) is 0.234. The van der Waals surface area contributed by atoms with Crippen molar-refractivity contribution in [3.8, 4) is 0 Å². The molecule has 1 aromatic heterocycles. The van der Waals surface area contributed by atoms with Crippen molar-refractivity contribution >= 4 is 17.2 Å². The third kappa shape index (κ3) is 2.55. The number of hydrogen-bond acceptors (Lipinski definition) is 4. The third-order valence-electron chi connectivity index (χ3n) is 4.20. The number of aryl methyl sites for hydroxylation is 1. The highest BCUT2D eigenvalue weighted by atomic mass is 32.1. The van der Waals surface area contributed by atoms with E-state index >= 15 is 0 Å². The Hall–Kier alpha value is -0.910. The zero-order valence-electron chi connectivity index (χ0n) is 11.4. The number of carbonyl (C=O) groups is 1. The molecule has 0 aromatic carbocycles. The lowest BCUT2D eigenvalue weighted by atomic mass is 10.1. The molecule has 1 N–H and O–H groups in total. The lowest BCUT2D eigenvalue weighted by Gasteiger charge is -2.43. The van der Waals surface area contributed by atoms with E-state index in [0.29, 0.717) is 6.04 Å². The standard InChI is InChI=1S/C14H21N3OS/c1-2-11-3-8-19-13(11)14(18)17-6-4-16(5-7-17)12-9-15-10-12/h3,8,12,15H,2,4-7,9-10H2,1H3. The van der Waals surface area contributed by atoms with Crippen molar-refractivity contribution in [2.24, 2.45) is 0 Å². The highest BCUT2D eigenvalue weighted by molar-refractivity contribution is 7.12. The van der Waals surface area contributed by atoms with E-state index in [1.165, 1.54) is 5.56 Å². The van der Waals surface area contributed by atoms with E-state index in [9.17, 15) is 4.79 Å². The molecular weight excluding hydrogens is 258 g/mol. The van der Waals surface area contributed by atoms with Crippen LogP contribution in [0.3, 0.4) is 0 Å². The maximum atomic E-state index is 12.5. The molecule has 0 radical (unpaired) electrons. The van der Waals surface area contributed by atoms with Crippen LogP contribution >= 0.6 is 11.3 Å². The SMILES string of the molecule is CCc1ccsc1C(=O)N1CCN(C2CNC2)CC1. The molecule has 0 spiro atoms. The van der Waals surface area contributed by atoms with Gasteiger partial charge in [-0.1, -0.05) is 6.92 Å². The van der Waals surface area contributed by atoms with Gasteiger partial charge in [0.25, 0.3) is 5.91 Å². The zero-order valence-corrected chi connectivity index (χ0v) is 12.2. The predicted molar refractivity (Wildman–Crippen MR) is 77.8 cm³/mol. The Kier molecular flexibility index (Phi) is 3.86. The molecule has 0 aliphatic carbocycles.